The highest BCUT2D eigenvalue weighted by molar-refractivity contribution is 5.39. The molecule has 0 amide bonds. The second kappa shape index (κ2) is 5.73. The molecule has 0 aliphatic carbocycles. The Labute approximate surface area is 102 Å². The summed E-state index contributed by atoms with van der Waals surface area (Å²) in [6.45, 7) is 3.37. The maximum absolute atomic E-state index is 6.23. The maximum atomic E-state index is 6.23. The number of nitrogens with two attached hydrogens (primary N) is 1. The van der Waals surface area contributed by atoms with Crippen molar-refractivity contribution in [1.29, 1.82) is 0 Å². The molecule has 0 spiro atoms. The van der Waals surface area contributed by atoms with Crippen LogP contribution in [0.4, 0.5) is 0 Å². The summed E-state index contributed by atoms with van der Waals surface area (Å²) in [4.78, 5) is 0. The molecule has 1 aliphatic rings. The van der Waals surface area contributed by atoms with Gasteiger partial charge < -0.3 is 15.2 Å². The van der Waals surface area contributed by atoms with Crippen LogP contribution in [0.25, 0.3) is 0 Å². The van der Waals surface area contributed by atoms with Crippen molar-refractivity contribution in [2.45, 2.75) is 25.8 Å². The van der Waals surface area contributed by atoms with Crippen molar-refractivity contribution in [1.82, 2.24) is 0 Å². The zero-order valence-corrected chi connectivity index (χ0v) is 10.2. The minimum Gasteiger partial charge on any atom is -0.496 e. The maximum Gasteiger partial charge on any atom is 0.124 e. The van der Waals surface area contributed by atoms with E-state index in [1.807, 2.05) is 31.2 Å². The molecule has 1 aliphatic heterocycles. The van der Waals surface area contributed by atoms with Gasteiger partial charge in [-0.2, -0.15) is 0 Å². The summed E-state index contributed by atoms with van der Waals surface area (Å²) in [5.74, 6) is 1.71. The summed E-state index contributed by atoms with van der Waals surface area (Å²) >= 11 is 0. The van der Waals surface area contributed by atoms with E-state index in [1.165, 1.54) is 0 Å². The van der Waals surface area contributed by atoms with E-state index in [4.69, 9.17) is 15.2 Å². The average molecular weight is 233 g/mol. The smallest absolute Gasteiger partial charge is 0.124 e. The lowest BCUT2D eigenvalue weighted by atomic mass is 10.0. The number of para-hydroxylation sites is 1. The van der Waals surface area contributed by atoms with Crippen LogP contribution in [-0.2, 0) is 4.74 Å². The molecule has 0 saturated carbocycles. The predicted octanol–water partition coefficient (Wildman–Crippen LogP) is 2.78. The number of hydrogen-bond acceptors (Lipinski definition) is 3. The SMILES string of the molecule is CCOc1ccccc1C(N)C1=CCCCO1. The van der Waals surface area contributed by atoms with E-state index in [1.54, 1.807) is 0 Å². The first-order chi connectivity index (χ1) is 8.33. The molecule has 1 aromatic rings. The number of allylic oxidation sites excluding steroid dienone is 1. The van der Waals surface area contributed by atoms with Gasteiger partial charge in [0, 0.05) is 5.56 Å². The summed E-state index contributed by atoms with van der Waals surface area (Å²) in [6, 6.07) is 7.65. The first-order valence-electron chi connectivity index (χ1n) is 6.13. The van der Waals surface area contributed by atoms with E-state index in [9.17, 15) is 0 Å². The van der Waals surface area contributed by atoms with Gasteiger partial charge in [-0.3, -0.25) is 0 Å². The zero-order valence-electron chi connectivity index (χ0n) is 10.2. The van der Waals surface area contributed by atoms with Gasteiger partial charge in [-0.05, 0) is 31.9 Å². The monoisotopic (exact) mass is 233 g/mol. The van der Waals surface area contributed by atoms with Gasteiger partial charge in [0.25, 0.3) is 0 Å². The molecule has 0 fully saturated rings. The van der Waals surface area contributed by atoms with Crippen molar-refractivity contribution in [3.63, 3.8) is 0 Å². The lowest BCUT2D eigenvalue weighted by molar-refractivity contribution is 0.175. The lowest BCUT2D eigenvalue weighted by Crippen LogP contribution is -2.18. The van der Waals surface area contributed by atoms with Crippen molar-refractivity contribution >= 4 is 0 Å². The Morgan fingerprint density at radius 2 is 2.24 bits per heavy atom. The molecular formula is C14H19NO2. The van der Waals surface area contributed by atoms with Crippen LogP contribution in [0, 0.1) is 0 Å². The van der Waals surface area contributed by atoms with Crippen molar-refractivity contribution in [2.24, 2.45) is 5.73 Å². The Hall–Kier alpha value is -1.48. The van der Waals surface area contributed by atoms with Crippen LogP contribution in [0.15, 0.2) is 36.1 Å². The van der Waals surface area contributed by atoms with Crippen molar-refractivity contribution < 1.29 is 9.47 Å². The standard InChI is InChI=1S/C14H19NO2/c1-2-16-12-8-4-3-7-11(12)14(15)13-9-5-6-10-17-13/h3-4,7-9,14H,2,5-6,10,15H2,1H3. The van der Waals surface area contributed by atoms with Gasteiger partial charge in [0.1, 0.15) is 11.5 Å². The second-order valence-electron chi connectivity index (χ2n) is 4.05. The summed E-state index contributed by atoms with van der Waals surface area (Å²) in [7, 11) is 0. The van der Waals surface area contributed by atoms with Crippen LogP contribution in [0.1, 0.15) is 31.4 Å². The van der Waals surface area contributed by atoms with Gasteiger partial charge in [-0.25, -0.2) is 0 Å². The minimum atomic E-state index is -0.224. The van der Waals surface area contributed by atoms with Gasteiger partial charge in [-0.15, -0.1) is 0 Å². The van der Waals surface area contributed by atoms with Gasteiger partial charge in [-0.1, -0.05) is 18.2 Å². The van der Waals surface area contributed by atoms with E-state index in [0.29, 0.717) is 6.61 Å². The highest BCUT2D eigenvalue weighted by atomic mass is 16.5. The molecule has 2 rings (SSSR count). The Bertz CT molecular complexity index is 401. The predicted molar refractivity (Wildman–Crippen MR) is 67.8 cm³/mol. The fourth-order valence-electron chi connectivity index (χ4n) is 1.97. The van der Waals surface area contributed by atoms with Crippen LogP contribution < -0.4 is 10.5 Å². The fourth-order valence-corrected chi connectivity index (χ4v) is 1.97. The van der Waals surface area contributed by atoms with Gasteiger partial charge in [0.2, 0.25) is 0 Å². The Morgan fingerprint density at radius 3 is 2.94 bits per heavy atom. The van der Waals surface area contributed by atoms with Gasteiger partial charge in [0.15, 0.2) is 0 Å². The second-order valence-corrected chi connectivity index (χ2v) is 4.05. The molecule has 0 bridgehead atoms. The summed E-state index contributed by atoms with van der Waals surface area (Å²) < 4.78 is 11.2. The number of ether oxygens (including phenoxy) is 2. The van der Waals surface area contributed by atoms with Crippen LogP contribution in [0.3, 0.4) is 0 Å². The number of benzene rings is 1. The summed E-state index contributed by atoms with van der Waals surface area (Å²) in [5, 5.41) is 0. The molecule has 1 unspecified atom stereocenters. The van der Waals surface area contributed by atoms with E-state index in [-0.39, 0.29) is 6.04 Å². The summed E-state index contributed by atoms with van der Waals surface area (Å²) in [6.07, 6.45) is 4.19. The average Bonchev–Trinajstić information content (AvgIpc) is 2.40. The molecule has 0 aromatic heterocycles. The van der Waals surface area contributed by atoms with Gasteiger partial charge >= 0.3 is 0 Å². The third kappa shape index (κ3) is 2.80. The van der Waals surface area contributed by atoms with E-state index in [0.717, 1.165) is 36.5 Å². The molecule has 3 nitrogen and oxygen atoms in total. The van der Waals surface area contributed by atoms with Crippen LogP contribution in [0.2, 0.25) is 0 Å². The molecule has 1 aromatic carbocycles. The fraction of sp³-hybridized carbons (Fsp3) is 0.429. The molecule has 92 valence electrons. The van der Waals surface area contributed by atoms with Crippen LogP contribution in [0.5, 0.6) is 5.75 Å². The molecular weight excluding hydrogens is 214 g/mol. The van der Waals surface area contributed by atoms with E-state index in [2.05, 4.69) is 6.08 Å². The topological polar surface area (TPSA) is 44.5 Å². The highest BCUT2D eigenvalue weighted by Crippen LogP contribution is 2.30. The van der Waals surface area contributed by atoms with Crippen molar-refractivity contribution in [3.05, 3.63) is 41.7 Å². The van der Waals surface area contributed by atoms with E-state index < -0.39 is 0 Å². The molecule has 1 atom stereocenters. The van der Waals surface area contributed by atoms with Crippen molar-refractivity contribution in [3.8, 4) is 5.75 Å². The first-order valence-corrected chi connectivity index (χ1v) is 6.13. The largest absolute Gasteiger partial charge is 0.496 e. The molecule has 2 N–H and O–H groups in total. The summed E-state index contributed by atoms with van der Waals surface area (Å²) in [5.41, 5.74) is 7.22. The van der Waals surface area contributed by atoms with Crippen LogP contribution >= 0.6 is 0 Å². The lowest BCUT2D eigenvalue weighted by Gasteiger charge is -2.22. The highest BCUT2D eigenvalue weighted by Gasteiger charge is 2.18. The minimum absolute atomic E-state index is 0.224. The quantitative estimate of drug-likeness (QED) is 0.869. The normalized spacial score (nSPS) is 16.9. The Kier molecular flexibility index (Phi) is 4.04. The molecule has 0 radical (unpaired) electrons. The number of hydrogen-bond donors (Lipinski definition) is 1. The number of rotatable bonds is 4. The third-order valence-electron chi connectivity index (χ3n) is 2.82. The first kappa shape index (κ1) is 12.0. The van der Waals surface area contributed by atoms with E-state index >= 15 is 0 Å². The molecule has 1 heterocycles. The Morgan fingerprint density at radius 1 is 1.41 bits per heavy atom. The van der Waals surface area contributed by atoms with Crippen LogP contribution in [-0.4, -0.2) is 13.2 Å². The van der Waals surface area contributed by atoms with Crippen molar-refractivity contribution in [2.75, 3.05) is 13.2 Å². The Balaban J connectivity index is 2.23. The molecule has 17 heavy (non-hydrogen) atoms. The molecule has 0 saturated heterocycles. The third-order valence-corrected chi connectivity index (χ3v) is 2.82. The zero-order chi connectivity index (χ0) is 12.1. The molecule has 3 heteroatoms. The van der Waals surface area contributed by atoms with Gasteiger partial charge in [0.05, 0.1) is 19.3 Å².